The molecule has 1 nitrogen and oxygen atoms in total. The zero-order valence-corrected chi connectivity index (χ0v) is 11.5. The Morgan fingerprint density at radius 3 is 2.38 bits per heavy atom. The summed E-state index contributed by atoms with van der Waals surface area (Å²) in [6.45, 7) is 1.96. The second-order valence-electron chi connectivity index (χ2n) is 4.66. The van der Waals surface area contributed by atoms with Crippen LogP contribution in [0.15, 0.2) is 42.5 Å². The summed E-state index contributed by atoms with van der Waals surface area (Å²) in [5.74, 6) is -0.889. The Kier molecular flexibility index (Phi) is 4.50. The minimum atomic E-state index is -4.57. The van der Waals surface area contributed by atoms with Crippen LogP contribution in [0.3, 0.4) is 0 Å². The van der Waals surface area contributed by atoms with Gasteiger partial charge in [0.2, 0.25) is 0 Å². The quantitative estimate of drug-likeness (QED) is 0.781. The van der Waals surface area contributed by atoms with E-state index in [0.717, 1.165) is 23.7 Å². The first-order valence-corrected chi connectivity index (χ1v) is 6.59. The minimum Gasteiger partial charge on any atom is -0.381 e. The molecule has 0 saturated heterocycles. The number of hydrogen-bond donors (Lipinski definition) is 1. The van der Waals surface area contributed by atoms with E-state index >= 15 is 0 Å². The number of para-hydroxylation sites is 1. The van der Waals surface area contributed by atoms with Gasteiger partial charge in [0.1, 0.15) is 5.82 Å². The Morgan fingerprint density at radius 1 is 1.00 bits per heavy atom. The topological polar surface area (TPSA) is 12.0 Å². The lowest BCUT2D eigenvalue weighted by molar-refractivity contribution is -0.138. The normalized spacial score (nSPS) is 11.5. The number of nitrogens with one attached hydrogen (secondary N) is 1. The van der Waals surface area contributed by atoms with Crippen LogP contribution in [0.25, 0.3) is 0 Å². The number of aryl methyl sites for hydroxylation is 1. The lowest BCUT2D eigenvalue weighted by Gasteiger charge is -2.15. The first-order chi connectivity index (χ1) is 9.91. The second-order valence-corrected chi connectivity index (χ2v) is 4.66. The van der Waals surface area contributed by atoms with E-state index in [4.69, 9.17) is 0 Å². The van der Waals surface area contributed by atoms with Gasteiger partial charge in [-0.3, -0.25) is 0 Å². The van der Waals surface area contributed by atoms with Gasteiger partial charge in [-0.1, -0.05) is 31.2 Å². The summed E-state index contributed by atoms with van der Waals surface area (Å²) in [4.78, 5) is 0. The van der Waals surface area contributed by atoms with Gasteiger partial charge >= 0.3 is 6.18 Å². The van der Waals surface area contributed by atoms with Gasteiger partial charge in [0, 0.05) is 12.2 Å². The van der Waals surface area contributed by atoms with Crippen LogP contribution < -0.4 is 5.32 Å². The molecular weight excluding hydrogens is 282 g/mol. The third-order valence-corrected chi connectivity index (χ3v) is 3.24. The standard InChI is InChI=1S/C16H15F4N/c1-2-11-5-3-4-6-15(11)21-10-12-7-8-13(17)9-14(12)16(18,19)20/h3-9,21H,2,10H2,1H3. The minimum absolute atomic E-state index is 0.00780. The van der Waals surface area contributed by atoms with Gasteiger partial charge in [-0.2, -0.15) is 13.2 Å². The lowest BCUT2D eigenvalue weighted by atomic mass is 10.1. The monoisotopic (exact) mass is 297 g/mol. The zero-order valence-electron chi connectivity index (χ0n) is 11.5. The molecule has 0 fully saturated rings. The highest BCUT2D eigenvalue weighted by molar-refractivity contribution is 5.51. The maximum Gasteiger partial charge on any atom is 0.416 e. The van der Waals surface area contributed by atoms with Gasteiger partial charge < -0.3 is 5.32 Å². The first-order valence-electron chi connectivity index (χ1n) is 6.59. The molecular formula is C16H15F4N. The molecule has 0 aliphatic rings. The van der Waals surface area contributed by atoms with E-state index in [1.165, 1.54) is 6.07 Å². The Morgan fingerprint density at radius 2 is 1.71 bits per heavy atom. The van der Waals surface area contributed by atoms with E-state index in [0.29, 0.717) is 6.07 Å². The highest BCUT2D eigenvalue weighted by Gasteiger charge is 2.33. The molecule has 1 N–H and O–H groups in total. The summed E-state index contributed by atoms with van der Waals surface area (Å²) in [7, 11) is 0. The van der Waals surface area contributed by atoms with Crippen LogP contribution in [-0.2, 0) is 19.1 Å². The molecule has 0 atom stereocenters. The van der Waals surface area contributed by atoms with Crippen molar-refractivity contribution >= 4 is 5.69 Å². The van der Waals surface area contributed by atoms with E-state index in [1.54, 1.807) is 0 Å². The van der Waals surface area contributed by atoms with Crippen molar-refractivity contribution in [2.75, 3.05) is 5.32 Å². The average molecular weight is 297 g/mol. The summed E-state index contributed by atoms with van der Waals surface area (Å²) in [5.41, 5.74) is 0.893. The zero-order chi connectivity index (χ0) is 15.5. The fourth-order valence-electron chi connectivity index (χ4n) is 2.16. The maximum atomic E-state index is 13.0. The van der Waals surface area contributed by atoms with Crippen LogP contribution in [0.4, 0.5) is 23.2 Å². The number of hydrogen-bond acceptors (Lipinski definition) is 1. The Bertz CT molecular complexity index is 620. The number of alkyl halides is 3. The molecule has 0 unspecified atom stereocenters. The molecule has 112 valence electrons. The lowest BCUT2D eigenvalue weighted by Crippen LogP contribution is -2.12. The molecule has 0 aliphatic carbocycles. The Labute approximate surface area is 120 Å². The van der Waals surface area contributed by atoms with Crippen molar-refractivity contribution in [1.82, 2.24) is 0 Å². The Hall–Kier alpha value is -2.04. The van der Waals surface area contributed by atoms with Crippen molar-refractivity contribution in [3.8, 4) is 0 Å². The van der Waals surface area contributed by atoms with Gasteiger partial charge in [-0.05, 0) is 35.7 Å². The largest absolute Gasteiger partial charge is 0.416 e. The van der Waals surface area contributed by atoms with Gasteiger partial charge in [0.05, 0.1) is 5.56 Å². The molecule has 0 bridgehead atoms. The predicted molar refractivity (Wildman–Crippen MR) is 74.5 cm³/mol. The number of rotatable bonds is 4. The highest BCUT2D eigenvalue weighted by Crippen LogP contribution is 2.33. The average Bonchev–Trinajstić information content (AvgIpc) is 2.45. The van der Waals surface area contributed by atoms with Gasteiger partial charge in [-0.15, -0.1) is 0 Å². The number of benzene rings is 2. The molecule has 2 rings (SSSR count). The summed E-state index contributed by atoms with van der Waals surface area (Å²) >= 11 is 0. The number of anilines is 1. The molecule has 0 aromatic heterocycles. The van der Waals surface area contributed by atoms with Crippen molar-refractivity contribution in [1.29, 1.82) is 0 Å². The van der Waals surface area contributed by atoms with Crippen LogP contribution in [0.5, 0.6) is 0 Å². The first kappa shape index (κ1) is 15.4. The molecule has 0 heterocycles. The fourth-order valence-corrected chi connectivity index (χ4v) is 2.16. The summed E-state index contributed by atoms with van der Waals surface area (Å²) < 4.78 is 51.8. The van der Waals surface area contributed by atoms with Gasteiger partial charge in [-0.25, -0.2) is 4.39 Å². The van der Waals surface area contributed by atoms with E-state index in [1.807, 2.05) is 31.2 Å². The Balaban J connectivity index is 2.24. The van der Waals surface area contributed by atoms with Crippen molar-refractivity contribution in [2.45, 2.75) is 26.1 Å². The smallest absolute Gasteiger partial charge is 0.381 e. The fraction of sp³-hybridized carbons (Fsp3) is 0.250. The van der Waals surface area contributed by atoms with Crippen molar-refractivity contribution in [2.24, 2.45) is 0 Å². The summed E-state index contributed by atoms with van der Waals surface area (Å²) in [6.07, 6.45) is -3.79. The highest BCUT2D eigenvalue weighted by atomic mass is 19.4. The summed E-state index contributed by atoms with van der Waals surface area (Å²) in [6, 6.07) is 10.2. The summed E-state index contributed by atoms with van der Waals surface area (Å²) in [5, 5.41) is 2.99. The molecule has 21 heavy (non-hydrogen) atoms. The molecule has 2 aromatic rings. The third-order valence-electron chi connectivity index (χ3n) is 3.24. The third kappa shape index (κ3) is 3.74. The van der Waals surface area contributed by atoms with Crippen LogP contribution in [0.1, 0.15) is 23.6 Å². The molecule has 0 aliphatic heterocycles. The van der Waals surface area contributed by atoms with Gasteiger partial charge in [0.25, 0.3) is 0 Å². The maximum absolute atomic E-state index is 13.0. The van der Waals surface area contributed by atoms with Crippen molar-refractivity contribution in [3.05, 3.63) is 65.0 Å². The SMILES string of the molecule is CCc1ccccc1NCc1ccc(F)cc1C(F)(F)F. The van der Waals surface area contributed by atoms with E-state index in [-0.39, 0.29) is 12.1 Å². The van der Waals surface area contributed by atoms with Crippen molar-refractivity contribution in [3.63, 3.8) is 0 Å². The molecule has 0 radical (unpaired) electrons. The predicted octanol–water partition coefficient (Wildman–Crippen LogP) is 5.02. The van der Waals surface area contributed by atoms with Crippen molar-refractivity contribution < 1.29 is 17.6 Å². The molecule has 2 aromatic carbocycles. The van der Waals surface area contributed by atoms with Crippen LogP contribution in [-0.4, -0.2) is 0 Å². The second kappa shape index (κ2) is 6.16. The van der Waals surface area contributed by atoms with E-state index < -0.39 is 17.6 Å². The van der Waals surface area contributed by atoms with Crippen LogP contribution in [0.2, 0.25) is 0 Å². The van der Waals surface area contributed by atoms with Crippen LogP contribution in [0, 0.1) is 5.82 Å². The van der Waals surface area contributed by atoms with E-state index in [2.05, 4.69) is 5.32 Å². The van der Waals surface area contributed by atoms with Gasteiger partial charge in [0.15, 0.2) is 0 Å². The number of halogens is 4. The van der Waals surface area contributed by atoms with E-state index in [9.17, 15) is 17.6 Å². The van der Waals surface area contributed by atoms with Crippen LogP contribution >= 0.6 is 0 Å². The molecule has 5 heteroatoms. The molecule has 0 spiro atoms. The molecule has 0 saturated carbocycles. The molecule has 0 amide bonds.